The fraction of sp³-hybridized carbons (Fsp3) is 0.533. The first kappa shape index (κ1) is 14.7. The Labute approximate surface area is 120 Å². The molecule has 1 aromatic carbocycles. The number of ether oxygens (including phenoxy) is 1. The van der Waals surface area contributed by atoms with E-state index in [1.165, 1.54) is 0 Å². The van der Waals surface area contributed by atoms with Crippen molar-refractivity contribution in [3.63, 3.8) is 0 Å². The second-order valence-electron chi connectivity index (χ2n) is 5.39. The van der Waals surface area contributed by atoms with Crippen molar-refractivity contribution in [2.75, 3.05) is 31.7 Å². The molecule has 0 unspecified atom stereocenters. The number of oxime groups is 1. The Morgan fingerprint density at radius 2 is 2.15 bits per heavy atom. The van der Waals surface area contributed by atoms with E-state index in [1.54, 1.807) is 0 Å². The average molecular weight is 277 g/mol. The molecule has 0 aromatic heterocycles. The topological polar surface area (TPSA) is 71.1 Å². The maximum Gasteiger partial charge on any atom is 0.172 e. The van der Waals surface area contributed by atoms with E-state index in [0.717, 1.165) is 49.4 Å². The van der Waals surface area contributed by atoms with Gasteiger partial charge < -0.3 is 20.6 Å². The van der Waals surface area contributed by atoms with Crippen LogP contribution in [0.25, 0.3) is 0 Å². The maximum absolute atomic E-state index is 8.93. The Morgan fingerprint density at radius 1 is 1.45 bits per heavy atom. The van der Waals surface area contributed by atoms with E-state index in [4.69, 9.17) is 15.7 Å². The number of hydrogen-bond donors (Lipinski definition) is 2. The minimum absolute atomic E-state index is 0.155. The summed E-state index contributed by atoms with van der Waals surface area (Å²) in [6.07, 6.45) is 2.18. The van der Waals surface area contributed by atoms with Crippen LogP contribution in [0.15, 0.2) is 23.4 Å². The van der Waals surface area contributed by atoms with E-state index in [2.05, 4.69) is 17.1 Å². The lowest BCUT2D eigenvalue weighted by Gasteiger charge is -2.30. The van der Waals surface area contributed by atoms with Crippen molar-refractivity contribution >= 4 is 11.5 Å². The second kappa shape index (κ2) is 6.61. The van der Waals surface area contributed by atoms with E-state index in [-0.39, 0.29) is 5.84 Å². The number of rotatable bonds is 4. The van der Waals surface area contributed by atoms with Gasteiger partial charge in [0.2, 0.25) is 0 Å². The fourth-order valence-corrected chi connectivity index (χ4v) is 2.83. The zero-order valence-electron chi connectivity index (χ0n) is 12.2. The van der Waals surface area contributed by atoms with E-state index in [0.29, 0.717) is 5.92 Å². The van der Waals surface area contributed by atoms with Gasteiger partial charge in [-0.25, -0.2) is 0 Å². The number of anilines is 1. The Morgan fingerprint density at radius 3 is 2.80 bits per heavy atom. The van der Waals surface area contributed by atoms with Gasteiger partial charge in [-0.2, -0.15) is 0 Å². The molecule has 1 fully saturated rings. The predicted molar refractivity (Wildman–Crippen MR) is 80.5 cm³/mol. The summed E-state index contributed by atoms with van der Waals surface area (Å²) < 4.78 is 5.40. The van der Waals surface area contributed by atoms with Crippen molar-refractivity contribution in [1.82, 2.24) is 0 Å². The number of benzene rings is 1. The maximum atomic E-state index is 8.93. The molecule has 0 spiro atoms. The minimum atomic E-state index is 0.155. The lowest BCUT2D eigenvalue weighted by atomic mass is 9.98. The molecule has 5 heteroatoms. The third-order valence-electron chi connectivity index (χ3n) is 3.88. The van der Waals surface area contributed by atoms with Gasteiger partial charge in [0, 0.05) is 32.4 Å². The number of amidine groups is 1. The van der Waals surface area contributed by atoms with Gasteiger partial charge in [0.1, 0.15) is 0 Å². The van der Waals surface area contributed by atoms with Crippen LogP contribution < -0.4 is 10.6 Å². The highest BCUT2D eigenvalue weighted by Gasteiger charge is 2.19. The molecule has 0 atom stereocenters. The molecular weight excluding hydrogens is 254 g/mol. The molecule has 0 radical (unpaired) electrons. The number of hydrogen-bond acceptors (Lipinski definition) is 4. The molecule has 0 saturated carbocycles. The summed E-state index contributed by atoms with van der Waals surface area (Å²) in [6.45, 7) is 4.70. The van der Waals surface area contributed by atoms with Crippen LogP contribution in [-0.4, -0.2) is 37.8 Å². The Kier molecular flexibility index (Phi) is 4.84. The molecule has 1 saturated heterocycles. The quantitative estimate of drug-likeness (QED) is 0.382. The summed E-state index contributed by atoms with van der Waals surface area (Å²) in [7, 11) is 2.06. The first-order chi connectivity index (χ1) is 9.63. The normalized spacial score (nSPS) is 17.2. The summed E-state index contributed by atoms with van der Waals surface area (Å²) in [6, 6.07) is 5.86. The third kappa shape index (κ3) is 3.22. The van der Waals surface area contributed by atoms with Crippen LogP contribution in [0.5, 0.6) is 0 Å². The van der Waals surface area contributed by atoms with Crippen molar-refractivity contribution in [3.05, 3.63) is 29.3 Å². The van der Waals surface area contributed by atoms with Gasteiger partial charge in [0.05, 0.1) is 5.69 Å². The summed E-state index contributed by atoms with van der Waals surface area (Å²) in [5.41, 5.74) is 8.73. The van der Waals surface area contributed by atoms with Gasteiger partial charge in [-0.3, -0.25) is 0 Å². The van der Waals surface area contributed by atoms with Crippen LogP contribution in [0.3, 0.4) is 0 Å². The molecule has 20 heavy (non-hydrogen) atoms. The Bertz CT molecular complexity index is 482. The van der Waals surface area contributed by atoms with Gasteiger partial charge in [0.25, 0.3) is 0 Å². The highest BCUT2D eigenvalue weighted by atomic mass is 16.5. The third-order valence-corrected chi connectivity index (χ3v) is 3.88. The van der Waals surface area contributed by atoms with Crippen LogP contribution in [0.4, 0.5) is 5.69 Å². The molecule has 5 nitrogen and oxygen atoms in total. The van der Waals surface area contributed by atoms with E-state index in [1.807, 2.05) is 25.1 Å². The van der Waals surface area contributed by atoms with Crippen LogP contribution in [0.2, 0.25) is 0 Å². The molecule has 1 aliphatic heterocycles. The largest absolute Gasteiger partial charge is 0.409 e. The molecule has 0 amide bonds. The molecule has 110 valence electrons. The minimum Gasteiger partial charge on any atom is -0.409 e. The molecule has 0 bridgehead atoms. The van der Waals surface area contributed by atoms with Crippen molar-refractivity contribution in [1.29, 1.82) is 0 Å². The molecule has 1 aliphatic rings. The van der Waals surface area contributed by atoms with Crippen molar-refractivity contribution in [3.8, 4) is 0 Å². The van der Waals surface area contributed by atoms with Gasteiger partial charge >= 0.3 is 0 Å². The number of nitrogens with two attached hydrogens (primary N) is 1. The highest BCUT2D eigenvalue weighted by Crippen LogP contribution is 2.26. The molecule has 1 aromatic rings. The second-order valence-corrected chi connectivity index (χ2v) is 5.39. The van der Waals surface area contributed by atoms with Crippen LogP contribution in [0.1, 0.15) is 24.0 Å². The standard InChI is InChI=1S/C15H23N3O2/c1-11-4-3-5-13(15(16)17-19)14(11)18(2)10-12-6-8-20-9-7-12/h3-5,12,19H,6-10H2,1-2H3,(H2,16,17). The zero-order chi connectivity index (χ0) is 14.5. The van der Waals surface area contributed by atoms with Crippen LogP contribution in [-0.2, 0) is 4.74 Å². The Hall–Kier alpha value is -1.75. The van der Waals surface area contributed by atoms with Gasteiger partial charge in [-0.1, -0.05) is 17.3 Å². The first-order valence-electron chi connectivity index (χ1n) is 7.00. The van der Waals surface area contributed by atoms with Crippen LogP contribution >= 0.6 is 0 Å². The summed E-state index contributed by atoms with van der Waals surface area (Å²) in [4.78, 5) is 2.21. The smallest absolute Gasteiger partial charge is 0.172 e. The lowest BCUT2D eigenvalue weighted by molar-refractivity contribution is 0.0685. The van der Waals surface area contributed by atoms with E-state index >= 15 is 0 Å². The first-order valence-corrected chi connectivity index (χ1v) is 7.00. The van der Waals surface area contributed by atoms with Gasteiger partial charge in [0.15, 0.2) is 5.84 Å². The van der Waals surface area contributed by atoms with Crippen molar-refractivity contribution < 1.29 is 9.94 Å². The zero-order valence-corrected chi connectivity index (χ0v) is 12.2. The molecule has 1 heterocycles. The molecule has 3 N–H and O–H groups in total. The van der Waals surface area contributed by atoms with Gasteiger partial charge in [-0.15, -0.1) is 0 Å². The predicted octanol–water partition coefficient (Wildman–Crippen LogP) is 1.95. The SMILES string of the molecule is Cc1cccc(/C(N)=N/O)c1N(C)CC1CCOCC1. The van der Waals surface area contributed by atoms with Crippen molar-refractivity contribution in [2.45, 2.75) is 19.8 Å². The summed E-state index contributed by atoms with van der Waals surface area (Å²) in [5.74, 6) is 0.788. The summed E-state index contributed by atoms with van der Waals surface area (Å²) in [5, 5.41) is 12.1. The number of para-hydroxylation sites is 1. The number of nitrogens with zero attached hydrogens (tertiary/aromatic N) is 2. The summed E-state index contributed by atoms with van der Waals surface area (Å²) >= 11 is 0. The van der Waals surface area contributed by atoms with E-state index in [9.17, 15) is 0 Å². The highest BCUT2D eigenvalue weighted by molar-refractivity contribution is 6.02. The van der Waals surface area contributed by atoms with Crippen LogP contribution in [0, 0.1) is 12.8 Å². The van der Waals surface area contributed by atoms with Gasteiger partial charge in [-0.05, 0) is 37.3 Å². The lowest BCUT2D eigenvalue weighted by Crippen LogP contribution is -2.31. The number of aryl methyl sites for hydroxylation is 1. The fourth-order valence-electron chi connectivity index (χ4n) is 2.83. The molecule has 2 rings (SSSR count). The Balaban J connectivity index is 2.21. The monoisotopic (exact) mass is 277 g/mol. The van der Waals surface area contributed by atoms with Crippen molar-refractivity contribution in [2.24, 2.45) is 16.8 Å². The molecule has 0 aliphatic carbocycles. The van der Waals surface area contributed by atoms with E-state index < -0.39 is 0 Å². The average Bonchev–Trinajstić information content (AvgIpc) is 2.47. The molecular formula is C15H23N3O2.